The molecule has 0 aliphatic heterocycles. The fourth-order valence-corrected chi connectivity index (χ4v) is 1.35. The normalized spacial score (nSPS) is 15.9. The third-order valence-electron chi connectivity index (χ3n) is 3.00. The predicted molar refractivity (Wildman–Crippen MR) is 61.6 cm³/mol. The minimum atomic E-state index is -0.104. The van der Waals surface area contributed by atoms with Crippen LogP contribution in [-0.2, 0) is 0 Å². The molecule has 3 nitrogen and oxygen atoms in total. The van der Waals surface area contributed by atoms with Crippen LogP contribution in [0, 0.1) is 0 Å². The average Bonchev–Trinajstić information content (AvgIpc) is 2.24. The molecule has 0 aliphatic rings. The van der Waals surface area contributed by atoms with Crippen molar-refractivity contribution in [1.29, 1.82) is 0 Å². The standard InChI is InChI=1S/C11H26N2O/c1-5-11(4,10-14)12-8-9-13(6-2)7-3/h12,14H,5-10H2,1-4H3. The molecule has 0 aromatic heterocycles. The molecule has 0 saturated heterocycles. The highest BCUT2D eigenvalue weighted by molar-refractivity contribution is 4.80. The van der Waals surface area contributed by atoms with E-state index in [4.69, 9.17) is 0 Å². The maximum Gasteiger partial charge on any atom is 0.0610 e. The number of nitrogens with one attached hydrogen (secondary N) is 1. The van der Waals surface area contributed by atoms with Crippen molar-refractivity contribution in [1.82, 2.24) is 10.2 Å². The van der Waals surface area contributed by atoms with E-state index in [0.29, 0.717) is 0 Å². The largest absolute Gasteiger partial charge is 0.394 e. The van der Waals surface area contributed by atoms with Crippen molar-refractivity contribution in [3.8, 4) is 0 Å². The molecule has 0 radical (unpaired) electrons. The Morgan fingerprint density at radius 2 is 1.79 bits per heavy atom. The molecular weight excluding hydrogens is 176 g/mol. The zero-order chi connectivity index (χ0) is 11.0. The Morgan fingerprint density at radius 1 is 1.21 bits per heavy atom. The quantitative estimate of drug-likeness (QED) is 0.618. The molecule has 86 valence electrons. The molecule has 1 atom stereocenters. The average molecular weight is 202 g/mol. The van der Waals surface area contributed by atoms with E-state index in [2.05, 4.69) is 37.9 Å². The van der Waals surface area contributed by atoms with Gasteiger partial charge in [-0.25, -0.2) is 0 Å². The molecule has 0 fully saturated rings. The minimum Gasteiger partial charge on any atom is -0.394 e. The van der Waals surface area contributed by atoms with Gasteiger partial charge in [-0.2, -0.15) is 0 Å². The van der Waals surface area contributed by atoms with Crippen molar-refractivity contribution in [3.63, 3.8) is 0 Å². The van der Waals surface area contributed by atoms with Crippen LogP contribution >= 0.6 is 0 Å². The first kappa shape index (κ1) is 13.9. The Kier molecular flexibility index (Phi) is 7.15. The number of nitrogens with zero attached hydrogens (tertiary/aromatic N) is 1. The van der Waals surface area contributed by atoms with Crippen LogP contribution in [0.25, 0.3) is 0 Å². The lowest BCUT2D eigenvalue weighted by Gasteiger charge is -2.29. The molecule has 0 saturated carbocycles. The second kappa shape index (κ2) is 7.21. The van der Waals surface area contributed by atoms with E-state index in [1.54, 1.807) is 0 Å². The molecule has 0 rings (SSSR count). The fourth-order valence-electron chi connectivity index (χ4n) is 1.35. The lowest BCUT2D eigenvalue weighted by atomic mass is 10.0. The molecule has 2 N–H and O–H groups in total. The summed E-state index contributed by atoms with van der Waals surface area (Å²) in [5, 5.41) is 12.6. The van der Waals surface area contributed by atoms with Gasteiger partial charge in [-0.15, -0.1) is 0 Å². The highest BCUT2D eigenvalue weighted by atomic mass is 16.3. The SMILES string of the molecule is CCN(CC)CCNC(C)(CC)CO. The van der Waals surface area contributed by atoms with Gasteiger partial charge >= 0.3 is 0 Å². The molecule has 1 unspecified atom stereocenters. The van der Waals surface area contributed by atoms with Crippen molar-refractivity contribution >= 4 is 0 Å². The summed E-state index contributed by atoms with van der Waals surface area (Å²) in [5.41, 5.74) is -0.104. The van der Waals surface area contributed by atoms with Crippen LogP contribution < -0.4 is 5.32 Å². The smallest absolute Gasteiger partial charge is 0.0610 e. The van der Waals surface area contributed by atoms with Crippen LogP contribution in [0.2, 0.25) is 0 Å². The number of hydrogen-bond acceptors (Lipinski definition) is 3. The molecular formula is C11H26N2O. The molecule has 0 bridgehead atoms. The summed E-state index contributed by atoms with van der Waals surface area (Å²) < 4.78 is 0. The van der Waals surface area contributed by atoms with Gasteiger partial charge < -0.3 is 15.3 Å². The fraction of sp³-hybridized carbons (Fsp3) is 1.00. The Bertz CT molecular complexity index is 131. The van der Waals surface area contributed by atoms with Gasteiger partial charge in [0.15, 0.2) is 0 Å². The summed E-state index contributed by atoms with van der Waals surface area (Å²) in [6.45, 7) is 12.9. The third kappa shape index (κ3) is 4.94. The summed E-state index contributed by atoms with van der Waals surface area (Å²) in [5.74, 6) is 0. The summed E-state index contributed by atoms with van der Waals surface area (Å²) in [6.07, 6.45) is 0.960. The number of likely N-dealkylation sites (N-methyl/N-ethyl adjacent to an activating group) is 1. The van der Waals surface area contributed by atoms with E-state index in [-0.39, 0.29) is 12.1 Å². The first-order chi connectivity index (χ1) is 6.61. The van der Waals surface area contributed by atoms with Crippen molar-refractivity contribution in [3.05, 3.63) is 0 Å². The zero-order valence-corrected chi connectivity index (χ0v) is 10.1. The first-order valence-corrected chi connectivity index (χ1v) is 5.70. The van der Waals surface area contributed by atoms with Gasteiger partial charge in [-0.1, -0.05) is 20.8 Å². The molecule has 14 heavy (non-hydrogen) atoms. The van der Waals surface area contributed by atoms with Crippen LogP contribution in [0.3, 0.4) is 0 Å². The molecule has 0 amide bonds. The lowest BCUT2D eigenvalue weighted by Crippen LogP contribution is -2.48. The van der Waals surface area contributed by atoms with Crippen molar-refractivity contribution in [2.45, 2.75) is 39.7 Å². The Hall–Kier alpha value is -0.120. The second-order valence-corrected chi connectivity index (χ2v) is 4.03. The monoisotopic (exact) mass is 202 g/mol. The van der Waals surface area contributed by atoms with Gasteiger partial charge in [0.2, 0.25) is 0 Å². The molecule has 0 aliphatic carbocycles. The first-order valence-electron chi connectivity index (χ1n) is 5.70. The van der Waals surface area contributed by atoms with Crippen LogP contribution in [0.4, 0.5) is 0 Å². The second-order valence-electron chi connectivity index (χ2n) is 4.03. The van der Waals surface area contributed by atoms with Crippen molar-refractivity contribution < 1.29 is 5.11 Å². The van der Waals surface area contributed by atoms with Gasteiger partial charge in [-0.3, -0.25) is 0 Å². The highest BCUT2D eigenvalue weighted by Gasteiger charge is 2.19. The lowest BCUT2D eigenvalue weighted by molar-refractivity contribution is 0.164. The molecule has 0 heterocycles. The van der Waals surface area contributed by atoms with Crippen LogP contribution in [0.1, 0.15) is 34.1 Å². The van der Waals surface area contributed by atoms with E-state index in [9.17, 15) is 5.11 Å². The number of hydrogen-bond donors (Lipinski definition) is 2. The highest BCUT2D eigenvalue weighted by Crippen LogP contribution is 2.06. The van der Waals surface area contributed by atoms with Gasteiger partial charge in [0, 0.05) is 18.6 Å². The van der Waals surface area contributed by atoms with Gasteiger partial charge in [0.1, 0.15) is 0 Å². The Morgan fingerprint density at radius 3 is 2.14 bits per heavy atom. The Labute approximate surface area is 88.5 Å². The molecule has 0 spiro atoms. The van der Waals surface area contributed by atoms with Crippen LogP contribution in [0.15, 0.2) is 0 Å². The Balaban J connectivity index is 3.70. The third-order valence-corrected chi connectivity index (χ3v) is 3.00. The molecule has 3 heteroatoms. The minimum absolute atomic E-state index is 0.104. The zero-order valence-electron chi connectivity index (χ0n) is 10.1. The van der Waals surface area contributed by atoms with E-state index in [1.165, 1.54) is 0 Å². The maximum atomic E-state index is 9.19. The maximum absolute atomic E-state index is 9.19. The van der Waals surface area contributed by atoms with E-state index in [1.807, 2.05) is 0 Å². The van der Waals surface area contributed by atoms with E-state index >= 15 is 0 Å². The molecule has 0 aromatic rings. The number of rotatable bonds is 8. The number of aliphatic hydroxyl groups is 1. The van der Waals surface area contributed by atoms with Gasteiger partial charge in [0.05, 0.1) is 6.61 Å². The topological polar surface area (TPSA) is 35.5 Å². The van der Waals surface area contributed by atoms with Gasteiger partial charge in [0.25, 0.3) is 0 Å². The molecule has 0 aromatic carbocycles. The summed E-state index contributed by atoms with van der Waals surface area (Å²) in [7, 11) is 0. The number of aliphatic hydroxyl groups excluding tert-OH is 1. The summed E-state index contributed by atoms with van der Waals surface area (Å²) >= 11 is 0. The van der Waals surface area contributed by atoms with Crippen molar-refractivity contribution in [2.24, 2.45) is 0 Å². The van der Waals surface area contributed by atoms with E-state index < -0.39 is 0 Å². The van der Waals surface area contributed by atoms with Gasteiger partial charge in [-0.05, 0) is 26.4 Å². The van der Waals surface area contributed by atoms with E-state index in [0.717, 1.165) is 32.6 Å². The van der Waals surface area contributed by atoms with Crippen LogP contribution in [0.5, 0.6) is 0 Å². The summed E-state index contributed by atoms with van der Waals surface area (Å²) in [6, 6.07) is 0. The van der Waals surface area contributed by atoms with Crippen LogP contribution in [-0.4, -0.2) is 48.3 Å². The predicted octanol–water partition coefficient (Wildman–Crippen LogP) is 1.08. The summed E-state index contributed by atoms with van der Waals surface area (Å²) in [4.78, 5) is 2.38. The van der Waals surface area contributed by atoms with Crippen molar-refractivity contribution in [2.75, 3.05) is 32.8 Å².